The Balaban J connectivity index is 2.65. The Bertz CT molecular complexity index is 409. The van der Waals surface area contributed by atoms with Crippen molar-refractivity contribution in [2.75, 3.05) is 5.32 Å². The summed E-state index contributed by atoms with van der Waals surface area (Å²) < 4.78 is 1.52. The first kappa shape index (κ1) is 6.71. The molecule has 0 aromatic carbocycles. The molecule has 1 amide bonds. The lowest BCUT2D eigenvalue weighted by Crippen LogP contribution is -2.01. The molecule has 0 aliphatic heterocycles. The standard InChI is InChI=1S/C6H4N5O/c12-4-8-5-1-2-7-6-10-9-3-11(5)6/h2-4H,(H,8,12). The van der Waals surface area contributed by atoms with Crippen molar-refractivity contribution < 1.29 is 4.79 Å². The lowest BCUT2D eigenvalue weighted by molar-refractivity contribution is -0.105. The first-order valence-electron chi connectivity index (χ1n) is 3.18. The zero-order valence-electron chi connectivity index (χ0n) is 5.93. The maximum Gasteiger partial charge on any atom is 0.256 e. The predicted octanol–water partition coefficient (Wildman–Crippen LogP) is -0.507. The molecule has 0 spiro atoms. The highest BCUT2D eigenvalue weighted by atomic mass is 16.1. The number of fused-ring (bicyclic) bond motifs is 1. The van der Waals surface area contributed by atoms with Crippen molar-refractivity contribution in [2.24, 2.45) is 0 Å². The lowest BCUT2D eigenvalue weighted by Gasteiger charge is -1.98. The molecular weight excluding hydrogens is 158 g/mol. The van der Waals surface area contributed by atoms with Crippen LogP contribution in [0, 0.1) is 6.07 Å². The second kappa shape index (κ2) is 2.57. The summed E-state index contributed by atoms with van der Waals surface area (Å²) in [5.41, 5.74) is 0. The molecule has 0 unspecified atom stereocenters. The van der Waals surface area contributed by atoms with Crippen molar-refractivity contribution in [3.05, 3.63) is 18.6 Å². The molecule has 0 fully saturated rings. The summed E-state index contributed by atoms with van der Waals surface area (Å²) in [4.78, 5) is 14.0. The normalized spacial score (nSPS) is 10.0. The molecule has 12 heavy (non-hydrogen) atoms. The third-order valence-electron chi connectivity index (χ3n) is 1.35. The monoisotopic (exact) mass is 162 g/mol. The van der Waals surface area contributed by atoms with Crippen LogP contribution < -0.4 is 5.32 Å². The summed E-state index contributed by atoms with van der Waals surface area (Å²) in [7, 11) is 0. The second-order valence-corrected chi connectivity index (χ2v) is 2.01. The maximum atomic E-state index is 10.1. The van der Waals surface area contributed by atoms with Crippen LogP contribution in [0.25, 0.3) is 5.78 Å². The van der Waals surface area contributed by atoms with Crippen LogP contribution in [-0.2, 0) is 4.79 Å². The average molecular weight is 162 g/mol. The van der Waals surface area contributed by atoms with E-state index in [2.05, 4.69) is 26.6 Å². The van der Waals surface area contributed by atoms with E-state index in [4.69, 9.17) is 0 Å². The number of nitrogens with one attached hydrogen (secondary N) is 1. The van der Waals surface area contributed by atoms with E-state index in [0.717, 1.165) is 0 Å². The number of carbonyl (C=O) groups is 1. The molecule has 0 saturated heterocycles. The molecule has 1 N–H and O–H groups in total. The molecule has 0 aliphatic rings. The van der Waals surface area contributed by atoms with E-state index in [9.17, 15) is 4.79 Å². The molecule has 2 aromatic heterocycles. The van der Waals surface area contributed by atoms with Gasteiger partial charge in [-0.05, 0) is 0 Å². The highest BCUT2D eigenvalue weighted by Crippen LogP contribution is 2.04. The second-order valence-electron chi connectivity index (χ2n) is 2.01. The Morgan fingerprint density at radius 1 is 1.67 bits per heavy atom. The van der Waals surface area contributed by atoms with Crippen molar-refractivity contribution in [3.8, 4) is 0 Å². The van der Waals surface area contributed by atoms with Crippen molar-refractivity contribution in [1.29, 1.82) is 0 Å². The van der Waals surface area contributed by atoms with Crippen molar-refractivity contribution in [2.45, 2.75) is 0 Å². The average Bonchev–Trinajstić information content (AvgIpc) is 2.53. The quantitative estimate of drug-likeness (QED) is 0.604. The number of hydrogen-bond donors (Lipinski definition) is 1. The van der Waals surface area contributed by atoms with Crippen LogP contribution in [0.2, 0.25) is 0 Å². The van der Waals surface area contributed by atoms with Crippen LogP contribution in [0.5, 0.6) is 0 Å². The molecule has 2 heterocycles. The number of nitrogens with zero attached hydrogens (tertiary/aromatic N) is 4. The molecule has 1 radical (unpaired) electrons. The van der Waals surface area contributed by atoms with Crippen molar-refractivity contribution >= 4 is 18.0 Å². The topological polar surface area (TPSA) is 72.2 Å². The molecule has 6 heteroatoms. The SMILES string of the molecule is O=CNc1[c]cnc2nncn12. The molecule has 2 rings (SSSR count). The van der Waals surface area contributed by atoms with Gasteiger partial charge in [0.25, 0.3) is 5.78 Å². The zero-order chi connectivity index (χ0) is 8.39. The fourth-order valence-electron chi connectivity index (χ4n) is 0.862. The van der Waals surface area contributed by atoms with E-state index in [0.29, 0.717) is 18.0 Å². The molecule has 6 nitrogen and oxygen atoms in total. The van der Waals surface area contributed by atoms with Gasteiger partial charge in [0.15, 0.2) is 0 Å². The summed E-state index contributed by atoms with van der Waals surface area (Å²) >= 11 is 0. The van der Waals surface area contributed by atoms with Gasteiger partial charge in [-0.1, -0.05) is 0 Å². The van der Waals surface area contributed by atoms with Gasteiger partial charge < -0.3 is 5.32 Å². The van der Waals surface area contributed by atoms with E-state index >= 15 is 0 Å². The Kier molecular flexibility index (Phi) is 1.44. The number of anilines is 1. The third-order valence-corrected chi connectivity index (χ3v) is 1.35. The molecule has 2 aromatic rings. The van der Waals surface area contributed by atoms with Crippen LogP contribution in [0.4, 0.5) is 5.82 Å². The Morgan fingerprint density at radius 2 is 2.58 bits per heavy atom. The Labute approximate surface area is 67.3 Å². The predicted molar refractivity (Wildman–Crippen MR) is 39.3 cm³/mol. The lowest BCUT2D eigenvalue weighted by atomic mass is 10.6. The Hall–Kier alpha value is -1.98. The van der Waals surface area contributed by atoms with E-state index in [-0.39, 0.29) is 0 Å². The van der Waals surface area contributed by atoms with Crippen LogP contribution in [-0.4, -0.2) is 26.0 Å². The maximum absolute atomic E-state index is 10.1. The molecule has 0 saturated carbocycles. The first-order valence-corrected chi connectivity index (χ1v) is 3.18. The highest BCUT2D eigenvalue weighted by Gasteiger charge is 2.00. The highest BCUT2D eigenvalue weighted by molar-refractivity contribution is 5.69. The molecule has 59 valence electrons. The van der Waals surface area contributed by atoms with E-state index in [1.807, 2.05) is 0 Å². The van der Waals surface area contributed by atoms with Gasteiger partial charge in [0.2, 0.25) is 6.41 Å². The summed E-state index contributed by atoms with van der Waals surface area (Å²) in [6.07, 6.45) is 3.44. The third kappa shape index (κ3) is 0.895. The molecule has 0 atom stereocenters. The van der Waals surface area contributed by atoms with E-state index in [1.54, 1.807) is 0 Å². The number of amides is 1. The fourth-order valence-corrected chi connectivity index (χ4v) is 0.862. The van der Waals surface area contributed by atoms with Gasteiger partial charge in [-0.3, -0.25) is 9.20 Å². The van der Waals surface area contributed by atoms with Crippen LogP contribution in [0.15, 0.2) is 12.5 Å². The largest absolute Gasteiger partial charge is 0.314 e. The van der Waals surface area contributed by atoms with Gasteiger partial charge in [-0.25, -0.2) is 4.98 Å². The smallest absolute Gasteiger partial charge is 0.256 e. The van der Waals surface area contributed by atoms with Crippen LogP contribution in [0.1, 0.15) is 0 Å². The molecule has 0 aliphatic carbocycles. The van der Waals surface area contributed by atoms with Crippen molar-refractivity contribution in [1.82, 2.24) is 19.6 Å². The van der Waals surface area contributed by atoms with E-state index in [1.165, 1.54) is 16.9 Å². The number of rotatable bonds is 2. The number of hydrogen-bond acceptors (Lipinski definition) is 4. The van der Waals surface area contributed by atoms with Gasteiger partial charge in [0.1, 0.15) is 12.1 Å². The van der Waals surface area contributed by atoms with Crippen LogP contribution >= 0.6 is 0 Å². The number of aromatic nitrogens is 4. The van der Waals surface area contributed by atoms with Gasteiger partial charge in [-0.2, -0.15) is 0 Å². The summed E-state index contributed by atoms with van der Waals surface area (Å²) in [5, 5.41) is 9.75. The summed E-state index contributed by atoms with van der Waals surface area (Å²) in [6, 6.07) is 2.73. The number of carbonyl (C=O) groups excluding carboxylic acids is 1. The summed E-state index contributed by atoms with van der Waals surface area (Å²) in [6.45, 7) is 0. The summed E-state index contributed by atoms with van der Waals surface area (Å²) in [5.74, 6) is 0.901. The van der Waals surface area contributed by atoms with Gasteiger partial charge in [-0.15, -0.1) is 10.2 Å². The minimum Gasteiger partial charge on any atom is -0.314 e. The van der Waals surface area contributed by atoms with Crippen molar-refractivity contribution in [3.63, 3.8) is 0 Å². The molecular formula is C6H4N5O. The zero-order valence-corrected chi connectivity index (χ0v) is 5.93. The van der Waals surface area contributed by atoms with Gasteiger partial charge >= 0.3 is 0 Å². The first-order chi connectivity index (χ1) is 5.92. The minimum atomic E-state index is 0.429. The van der Waals surface area contributed by atoms with Crippen LogP contribution in [0.3, 0.4) is 0 Å². The van der Waals surface area contributed by atoms with Gasteiger partial charge in [0, 0.05) is 12.3 Å². The minimum absolute atomic E-state index is 0.429. The fraction of sp³-hybridized carbons (Fsp3) is 0. The van der Waals surface area contributed by atoms with Gasteiger partial charge in [0.05, 0.1) is 0 Å². The Morgan fingerprint density at radius 3 is 3.42 bits per heavy atom. The van der Waals surface area contributed by atoms with E-state index < -0.39 is 0 Å². The molecule has 0 bridgehead atoms.